The van der Waals surface area contributed by atoms with E-state index < -0.39 is 0 Å². The average molecular weight is 381 g/mol. The highest BCUT2D eigenvalue weighted by atomic mass is 16.1. The number of carbonyl (C=O) groups is 1. The molecule has 28 heavy (non-hydrogen) atoms. The molecule has 0 fully saturated rings. The van der Waals surface area contributed by atoms with Crippen LogP contribution in [0.15, 0.2) is 12.3 Å². The molecule has 3 aromatic heterocycles. The van der Waals surface area contributed by atoms with Crippen molar-refractivity contribution in [3.8, 4) is 0 Å². The van der Waals surface area contributed by atoms with Crippen LogP contribution in [0.3, 0.4) is 0 Å². The quantitative estimate of drug-likeness (QED) is 0.734. The minimum absolute atomic E-state index is 0.102. The lowest BCUT2D eigenvalue weighted by Gasteiger charge is -2.10. The van der Waals surface area contributed by atoms with E-state index in [9.17, 15) is 4.79 Å². The molecule has 8 nitrogen and oxygen atoms in total. The van der Waals surface area contributed by atoms with Gasteiger partial charge in [-0.15, -0.1) is 10.2 Å². The molecule has 148 valence electrons. The van der Waals surface area contributed by atoms with E-state index in [0.29, 0.717) is 18.5 Å². The number of fused-ring (bicyclic) bond motifs is 2. The molecule has 0 aliphatic carbocycles. The smallest absolute Gasteiger partial charge is 0.252 e. The molecule has 4 heterocycles. The summed E-state index contributed by atoms with van der Waals surface area (Å²) in [5.74, 6) is 1.93. The van der Waals surface area contributed by atoms with Gasteiger partial charge in [-0.3, -0.25) is 4.79 Å². The second kappa shape index (κ2) is 7.69. The van der Waals surface area contributed by atoms with Crippen LogP contribution in [-0.2, 0) is 19.4 Å². The van der Waals surface area contributed by atoms with E-state index in [-0.39, 0.29) is 11.9 Å². The predicted octanol–water partition coefficient (Wildman–Crippen LogP) is 2.61. The van der Waals surface area contributed by atoms with E-state index in [4.69, 9.17) is 0 Å². The Balaban J connectivity index is 1.48. The van der Waals surface area contributed by atoms with Crippen molar-refractivity contribution in [2.75, 3.05) is 6.54 Å². The highest BCUT2D eigenvalue weighted by molar-refractivity contribution is 6.05. The maximum Gasteiger partial charge on any atom is 0.252 e. The van der Waals surface area contributed by atoms with Gasteiger partial charge in [-0.1, -0.05) is 6.42 Å². The van der Waals surface area contributed by atoms with E-state index in [1.54, 1.807) is 6.20 Å². The summed E-state index contributed by atoms with van der Waals surface area (Å²) in [6.07, 6.45) is 6.98. The van der Waals surface area contributed by atoms with Gasteiger partial charge in [0.2, 0.25) is 0 Å². The second-order valence-corrected chi connectivity index (χ2v) is 7.73. The number of rotatable bonds is 5. The van der Waals surface area contributed by atoms with Crippen molar-refractivity contribution in [1.29, 1.82) is 0 Å². The Kier molecular flexibility index (Phi) is 5.11. The van der Waals surface area contributed by atoms with E-state index in [1.165, 1.54) is 19.3 Å². The number of hydrogen-bond acceptors (Lipinski definition) is 5. The van der Waals surface area contributed by atoms with Gasteiger partial charge in [0.25, 0.3) is 5.91 Å². The van der Waals surface area contributed by atoms with Crippen LogP contribution >= 0.6 is 0 Å². The number of pyridine rings is 1. The zero-order valence-electron chi connectivity index (χ0n) is 16.8. The number of carbonyl (C=O) groups excluding carboxylic acids is 1. The minimum atomic E-state index is -0.102. The molecule has 1 amide bonds. The summed E-state index contributed by atoms with van der Waals surface area (Å²) in [6.45, 7) is 7.51. The summed E-state index contributed by atoms with van der Waals surface area (Å²) in [5.41, 5.74) is 2.18. The van der Waals surface area contributed by atoms with Gasteiger partial charge in [0.1, 0.15) is 11.6 Å². The molecule has 3 aromatic rings. The Labute approximate surface area is 164 Å². The molecule has 0 unspecified atom stereocenters. The Morgan fingerprint density at radius 1 is 1.25 bits per heavy atom. The van der Waals surface area contributed by atoms with Crippen LogP contribution in [0.25, 0.3) is 11.0 Å². The van der Waals surface area contributed by atoms with Crippen LogP contribution in [-0.4, -0.2) is 42.0 Å². The molecular weight excluding hydrogens is 354 g/mol. The normalized spacial score (nSPS) is 14.3. The first-order chi connectivity index (χ1) is 13.5. The zero-order valence-corrected chi connectivity index (χ0v) is 16.8. The van der Waals surface area contributed by atoms with Gasteiger partial charge in [-0.2, -0.15) is 5.10 Å². The molecule has 0 spiro atoms. The summed E-state index contributed by atoms with van der Waals surface area (Å²) in [6, 6.07) is 2.01. The van der Waals surface area contributed by atoms with E-state index in [1.807, 2.05) is 17.7 Å². The molecule has 8 heteroatoms. The Hall–Kier alpha value is -2.77. The second-order valence-electron chi connectivity index (χ2n) is 7.73. The first-order valence-corrected chi connectivity index (χ1v) is 10.1. The molecule has 0 atom stereocenters. The van der Waals surface area contributed by atoms with Crippen molar-refractivity contribution in [2.45, 2.75) is 65.5 Å². The lowest BCUT2D eigenvalue weighted by Crippen LogP contribution is -2.27. The van der Waals surface area contributed by atoms with Crippen molar-refractivity contribution in [2.24, 2.45) is 0 Å². The third-order valence-electron chi connectivity index (χ3n) is 5.25. The molecule has 0 saturated heterocycles. The summed E-state index contributed by atoms with van der Waals surface area (Å²) >= 11 is 0. The van der Waals surface area contributed by atoms with Gasteiger partial charge in [0.05, 0.1) is 17.1 Å². The summed E-state index contributed by atoms with van der Waals surface area (Å²) < 4.78 is 4.07. The monoisotopic (exact) mass is 381 g/mol. The molecule has 0 aromatic carbocycles. The van der Waals surface area contributed by atoms with Crippen LogP contribution in [0, 0.1) is 6.92 Å². The van der Waals surface area contributed by atoms with Crippen molar-refractivity contribution < 1.29 is 4.79 Å². The van der Waals surface area contributed by atoms with Crippen LogP contribution < -0.4 is 5.32 Å². The van der Waals surface area contributed by atoms with Gasteiger partial charge >= 0.3 is 0 Å². The average Bonchev–Trinajstić information content (AvgIpc) is 3.17. The molecule has 0 saturated carbocycles. The first-order valence-electron chi connectivity index (χ1n) is 10.1. The van der Waals surface area contributed by atoms with Crippen LogP contribution in [0.1, 0.15) is 66.9 Å². The van der Waals surface area contributed by atoms with Crippen molar-refractivity contribution >= 4 is 16.9 Å². The van der Waals surface area contributed by atoms with Gasteiger partial charge in [0, 0.05) is 37.7 Å². The number of aromatic nitrogens is 6. The fourth-order valence-electron chi connectivity index (χ4n) is 3.82. The molecule has 1 aliphatic rings. The van der Waals surface area contributed by atoms with E-state index in [0.717, 1.165) is 41.3 Å². The molecule has 4 rings (SSSR count). The third-order valence-corrected chi connectivity index (χ3v) is 5.25. The lowest BCUT2D eigenvalue weighted by atomic mass is 10.1. The van der Waals surface area contributed by atoms with Gasteiger partial charge in [-0.25, -0.2) is 9.67 Å². The standard InChI is InChI=1S/C20H27N7O/c1-13(2)27-19-16(12-22-27)15(11-14(3)23-19)20(28)21-9-8-18-25-24-17-7-5-4-6-10-26(17)18/h11-13H,4-10H2,1-3H3,(H,21,28). The van der Waals surface area contributed by atoms with Crippen molar-refractivity contribution in [1.82, 2.24) is 34.8 Å². The van der Waals surface area contributed by atoms with Gasteiger partial charge < -0.3 is 9.88 Å². The largest absolute Gasteiger partial charge is 0.352 e. The predicted molar refractivity (Wildman–Crippen MR) is 106 cm³/mol. The van der Waals surface area contributed by atoms with Gasteiger partial charge in [0.15, 0.2) is 5.65 Å². The highest BCUT2D eigenvalue weighted by Crippen LogP contribution is 2.21. The minimum Gasteiger partial charge on any atom is -0.352 e. The maximum absolute atomic E-state index is 12.8. The van der Waals surface area contributed by atoms with E-state index >= 15 is 0 Å². The Bertz CT molecular complexity index is 1000. The molecule has 0 bridgehead atoms. The molecule has 1 N–H and O–H groups in total. The lowest BCUT2D eigenvalue weighted by molar-refractivity contribution is 0.0955. The number of nitrogens with one attached hydrogen (secondary N) is 1. The number of amides is 1. The molecule has 0 radical (unpaired) electrons. The summed E-state index contributed by atoms with van der Waals surface area (Å²) in [7, 11) is 0. The Morgan fingerprint density at radius 3 is 2.93 bits per heavy atom. The van der Waals surface area contributed by atoms with Crippen molar-refractivity contribution in [3.05, 3.63) is 35.2 Å². The maximum atomic E-state index is 12.8. The Morgan fingerprint density at radius 2 is 2.11 bits per heavy atom. The molecule has 1 aliphatic heterocycles. The third kappa shape index (κ3) is 3.50. The van der Waals surface area contributed by atoms with Crippen LogP contribution in [0.4, 0.5) is 0 Å². The fourth-order valence-corrected chi connectivity index (χ4v) is 3.82. The number of nitrogens with zero attached hydrogens (tertiary/aromatic N) is 6. The topological polar surface area (TPSA) is 90.5 Å². The summed E-state index contributed by atoms with van der Waals surface area (Å²) in [5, 5.41) is 16.9. The first kappa shape index (κ1) is 18.6. The van der Waals surface area contributed by atoms with Crippen LogP contribution in [0.2, 0.25) is 0 Å². The highest BCUT2D eigenvalue weighted by Gasteiger charge is 2.18. The van der Waals surface area contributed by atoms with Crippen LogP contribution in [0.5, 0.6) is 0 Å². The van der Waals surface area contributed by atoms with E-state index in [2.05, 4.69) is 44.0 Å². The zero-order chi connectivity index (χ0) is 19.7. The van der Waals surface area contributed by atoms with Crippen molar-refractivity contribution in [3.63, 3.8) is 0 Å². The SMILES string of the molecule is Cc1cc(C(=O)NCCc2nnc3n2CCCCC3)c2cnn(C(C)C)c2n1. The molecular formula is C20H27N7O. The number of hydrogen-bond donors (Lipinski definition) is 1. The number of aryl methyl sites for hydroxylation is 2. The fraction of sp³-hybridized carbons (Fsp3) is 0.550. The van der Waals surface area contributed by atoms with Gasteiger partial charge in [-0.05, 0) is 39.7 Å². The summed E-state index contributed by atoms with van der Waals surface area (Å²) in [4.78, 5) is 17.4.